The monoisotopic (exact) mass is 470 g/mol. The Kier molecular flexibility index (Phi) is 5.69. The number of carboxylic acid groups (broad SMARTS) is 1. The fourth-order valence-electron chi connectivity index (χ4n) is 4.07. The number of hydrogen-bond acceptors (Lipinski definition) is 7. The van der Waals surface area contributed by atoms with E-state index >= 15 is 4.39 Å². The van der Waals surface area contributed by atoms with Crippen molar-refractivity contribution < 1.29 is 29.0 Å². The van der Waals surface area contributed by atoms with Gasteiger partial charge in [-0.15, -0.1) is 0 Å². The zero-order valence-corrected chi connectivity index (χ0v) is 19.4. The van der Waals surface area contributed by atoms with Gasteiger partial charge in [0, 0.05) is 23.5 Å². The molecule has 0 aliphatic carbocycles. The number of hydrogen-bond donors (Lipinski definition) is 3. The summed E-state index contributed by atoms with van der Waals surface area (Å²) in [5.41, 5.74) is -4.10. The first-order valence-corrected chi connectivity index (χ1v) is 10.9. The molecule has 1 fully saturated rings. The molecule has 3 N–H and O–H groups in total. The summed E-state index contributed by atoms with van der Waals surface area (Å²) < 4.78 is 21.3. The van der Waals surface area contributed by atoms with Crippen LogP contribution in [-0.2, 0) is 11.2 Å². The minimum atomic E-state index is -2.29. The number of amides is 1. The number of halogens is 1. The quantitative estimate of drug-likeness (QED) is 0.499. The summed E-state index contributed by atoms with van der Waals surface area (Å²) >= 11 is 0. The Hall–Kier alpha value is -3.37. The van der Waals surface area contributed by atoms with Gasteiger partial charge in [-0.25, -0.2) is 9.18 Å². The van der Waals surface area contributed by atoms with Crippen molar-refractivity contribution in [3.8, 4) is 11.4 Å². The largest absolute Gasteiger partial charge is 0.465 e. The van der Waals surface area contributed by atoms with E-state index in [2.05, 4.69) is 15.1 Å². The van der Waals surface area contributed by atoms with Gasteiger partial charge in [0.2, 0.25) is 5.82 Å². The SMILES string of the molecule is CC(C)c1ccc([C@](O)(c2cncc(-c3noc(C(C)(C)O)n3)c2)C2(F)CN(C(=O)O)C2)cc1. The molecule has 0 unspecified atom stereocenters. The van der Waals surface area contributed by atoms with Crippen molar-refractivity contribution >= 4 is 6.09 Å². The topological polar surface area (TPSA) is 133 Å². The van der Waals surface area contributed by atoms with Gasteiger partial charge in [-0.2, -0.15) is 4.98 Å². The van der Waals surface area contributed by atoms with Gasteiger partial charge in [0.05, 0.1) is 13.1 Å². The molecule has 1 aliphatic heterocycles. The van der Waals surface area contributed by atoms with E-state index in [0.29, 0.717) is 5.56 Å². The second kappa shape index (κ2) is 8.14. The second-order valence-corrected chi connectivity index (χ2v) is 9.54. The highest BCUT2D eigenvalue weighted by atomic mass is 19.1. The first-order valence-electron chi connectivity index (χ1n) is 10.9. The molecule has 180 valence electrons. The summed E-state index contributed by atoms with van der Waals surface area (Å²) in [6.45, 7) is 6.04. The van der Waals surface area contributed by atoms with Crippen LogP contribution >= 0.6 is 0 Å². The predicted molar refractivity (Wildman–Crippen MR) is 120 cm³/mol. The summed E-state index contributed by atoms with van der Waals surface area (Å²) in [4.78, 5) is 20.6. The maximum atomic E-state index is 16.2. The predicted octanol–water partition coefficient (Wildman–Crippen LogP) is 3.42. The van der Waals surface area contributed by atoms with Crippen LogP contribution in [0.25, 0.3) is 11.4 Å². The molecule has 1 aromatic carbocycles. The fraction of sp³-hybridized carbons (Fsp3) is 0.417. The van der Waals surface area contributed by atoms with E-state index in [1.807, 2.05) is 26.0 Å². The number of aliphatic hydroxyl groups is 2. The maximum Gasteiger partial charge on any atom is 0.407 e. The molecule has 1 saturated heterocycles. The van der Waals surface area contributed by atoms with Crippen LogP contribution in [0, 0.1) is 0 Å². The molecule has 0 radical (unpaired) electrons. The van der Waals surface area contributed by atoms with E-state index in [1.54, 1.807) is 12.1 Å². The van der Waals surface area contributed by atoms with Crippen LogP contribution < -0.4 is 0 Å². The standard InChI is InChI=1S/C24H27FN4O5/c1-14(2)15-5-7-17(8-6-15)24(33,23(25)12-29(13-23)21(30)31)18-9-16(10-26-11-18)19-27-20(34-28-19)22(3,4)32/h5-11,14,32-33H,12-13H2,1-4H3,(H,30,31)/t24-/m0/s1. The number of alkyl halides is 1. The van der Waals surface area contributed by atoms with Gasteiger partial charge in [0.25, 0.3) is 5.89 Å². The average Bonchev–Trinajstić information content (AvgIpc) is 3.27. The van der Waals surface area contributed by atoms with Crippen LogP contribution in [0.2, 0.25) is 0 Å². The Bertz CT molecular complexity index is 1200. The van der Waals surface area contributed by atoms with Crippen molar-refractivity contribution in [1.82, 2.24) is 20.0 Å². The van der Waals surface area contributed by atoms with Crippen molar-refractivity contribution in [2.45, 2.75) is 50.5 Å². The van der Waals surface area contributed by atoms with Gasteiger partial charge in [-0.3, -0.25) is 4.98 Å². The van der Waals surface area contributed by atoms with Gasteiger partial charge >= 0.3 is 6.09 Å². The highest BCUT2D eigenvalue weighted by molar-refractivity contribution is 5.67. The molecule has 3 heterocycles. The van der Waals surface area contributed by atoms with E-state index in [0.717, 1.165) is 10.5 Å². The molecule has 0 spiro atoms. The van der Waals surface area contributed by atoms with E-state index in [4.69, 9.17) is 4.52 Å². The van der Waals surface area contributed by atoms with E-state index < -0.39 is 36.1 Å². The van der Waals surface area contributed by atoms with Crippen LogP contribution in [0.5, 0.6) is 0 Å². The summed E-state index contributed by atoms with van der Waals surface area (Å²) in [5, 5.41) is 35.1. The van der Waals surface area contributed by atoms with Gasteiger partial charge in [-0.05, 0) is 37.0 Å². The average molecular weight is 471 g/mol. The Balaban J connectivity index is 1.81. The minimum absolute atomic E-state index is 0.00880. The summed E-state index contributed by atoms with van der Waals surface area (Å²) in [5.74, 6) is 0.337. The molecule has 9 nitrogen and oxygen atoms in total. The van der Waals surface area contributed by atoms with Crippen molar-refractivity contribution in [3.63, 3.8) is 0 Å². The molecule has 1 atom stereocenters. The van der Waals surface area contributed by atoms with Gasteiger partial charge in [0.15, 0.2) is 11.3 Å². The van der Waals surface area contributed by atoms with E-state index in [9.17, 15) is 20.1 Å². The lowest BCUT2D eigenvalue weighted by atomic mass is 9.70. The Morgan fingerprint density at radius 3 is 2.32 bits per heavy atom. The van der Waals surface area contributed by atoms with Crippen LogP contribution in [0.3, 0.4) is 0 Å². The number of rotatable bonds is 6. The Labute approximate surface area is 195 Å². The number of likely N-dealkylation sites (tertiary alicyclic amines) is 1. The third-order valence-electron chi connectivity index (χ3n) is 6.16. The highest BCUT2D eigenvalue weighted by Gasteiger charge is 2.62. The third kappa shape index (κ3) is 3.92. The van der Waals surface area contributed by atoms with Crippen molar-refractivity contribution in [2.24, 2.45) is 0 Å². The van der Waals surface area contributed by atoms with Crippen LogP contribution in [0.15, 0.2) is 47.2 Å². The van der Waals surface area contributed by atoms with Gasteiger partial charge in [-0.1, -0.05) is 43.3 Å². The Morgan fingerprint density at radius 2 is 1.79 bits per heavy atom. The molecular formula is C24H27FN4O5. The molecule has 34 heavy (non-hydrogen) atoms. The molecule has 1 amide bonds. The van der Waals surface area contributed by atoms with Crippen molar-refractivity contribution in [1.29, 1.82) is 0 Å². The lowest BCUT2D eigenvalue weighted by Crippen LogP contribution is -2.70. The number of benzene rings is 1. The second-order valence-electron chi connectivity index (χ2n) is 9.54. The van der Waals surface area contributed by atoms with Gasteiger partial charge < -0.3 is 24.7 Å². The number of pyridine rings is 1. The van der Waals surface area contributed by atoms with Crippen LogP contribution in [0.1, 0.15) is 56.2 Å². The smallest absolute Gasteiger partial charge is 0.407 e. The lowest BCUT2D eigenvalue weighted by molar-refractivity contribution is -0.150. The van der Waals surface area contributed by atoms with Gasteiger partial charge in [0.1, 0.15) is 5.60 Å². The number of nitrogens with zero attached hydrogens (tertiary/aromatic N) is 4. The molecule has 10 heteroatoms. The first kappa shape index (κ1) is 23.8. The third-order valence-corrected chi connectivity index (χ3v) is 6.16. The first-order chi connectivity index (χ1) is 15.8. The molecule has 4 rings (SSSR count). The summed E-state index contributed by atoms with van der Waals surface area (Å²) in [6.07, 6.45) is 1.50. The molecule has 3 aromatic rings. The number of aromatic nitrogens is 3. The normalized spacial score (nSPS) is 17.4. The fourth-order valence-corrected chi connectivity index (χ4v) is 4.07. The van der Waals surface area contributed by atoms with Crippen LogP contribution in [0.4, 0.5) is 9.18 Å². The zero-order valence-electron chi connectivity index (χ0n) is 19.4. The summed E-state index contributed by atoms with van der Waals surface area (Å²) in [7, 11) is 0. The van der Waals surface area contributed by atoms with E-state index in [-0.39, 0.29) is 28.8 Å². The molecule has 2 aromatic heterocycles. The molecule has 0 saturated carbocycles. The molecule has 0 bridgehead atoms. The van der Waals surface area contributed by atoms with Crippen molar-refractivity contribution in [2.75, 3.05) is 13.1 Å². The molecular weight excluding hydrogens is 443 g/mol. The molecule has 1 aliphatic rings. The summed E-state index contributed by atoms with van der Waals surface area (Å²) in [6, 6.07) is 8.41. The van der Waals surface area contributed by atoms with Crippen LogP contribution in [-0.4, -0.2) is 60.2 Å². The zero-order chi connectivity index (χ0) is 24.9. The highest BCUT2D eigenvalue weighted by Crippen LogP contribution is 2.47. The van der Waals surface area contributed by atoms with Crippen molar-refractivity contribution in [3.05, 3.63) is 65.3 Å². The van der Waals surface area contributed by atoms with E-state index in [1.165, 1.54) is 32.3 Å². The Morgan fingerprint density at radius 1 is 1.15 bits per heavy atom. The maximum absolute atomic E-state index is 16.2. The minimum Gasteiger partial charge on any atom is -0.465 e. The number of carbonyl (C=O) groups is 1. The lowest BCUT2D eigenvalue weighted by Gasteiger charge is -2.51.